The molecule has 4 heteroatoms. The van der Waals surface area contributed by atoms with Crippen LogP contribution < -0.4 is 0 Å². The van der Waals surface area contributed by atoms with E-state index in [2.05, 4.69) is 13.0 Å². The van der Waals surface area contributed by atoms with Crippen LogP contribution in [0, 0.1) is 28.6 Å². The average molecular weight is 348 g/mol. The number of allylic oxidation sites excluding steroid dienone is 1. The van der Waals surface area contributed by atoms with Gasteiger partial charge in [0.15, 0.2) is 0 Å². The molecule has 0 aromatic heterocycles. The molecule has 3 fully saturated rings. The van der Waals surface area contributed by atoms with Gasteiger partial charge in [-0.1, -0.05) is 25.5 Å². The van der Waals surface area contributed by atoms with E-state index < -0.39 is 17.1 Å². The zero-order valence-electron chi connectivity index (χ0n) is 15.7. The lowest BCUT2D eigenvalue weighted by atomic mass is 9.45. The van der Waals surface area contributed by atoms with Gasteiger partial charge in [0.25, 0.3) is 0 Å². The molecule has 0 saturated heterocycles. The third-order valence-corrected chi connectivity index (χ3v) is 8.85. The quantitative estimate of drug-likeness (QED) is 0.637. The number of fused-ring (bicyclic) bond motifs is 5. The van der Waals surface area contributed by atoms with E-state index in [1.165, 1.54) is 5.57 Å². The van der Waals surface area contributed by atoms with Gasteiger partial charge in [-0.05, 0) is 69.1 Å². The second kappa shape index (κ2) is 5.40. The van der Waals surface area contributed by atoms with E-state index in [-0.39, 0.29) is 35.1 Å². The van der Waals surface area contributed by atoms with Crippen molar-refractivity contribution in [1.82, 2.24) is 0 Å². The molecule has 4 aliphatic rings. The van der Waals surface area contributed by atoms with Crippen molar-refractivity contribution in [3.05, 3.63) is 11.6 Å². The molecule has 3 unspecified atom stereocenters. The van der Waals surface area contributed by atoms with Gasteiger partial charge in [0.2, 0.25) is 0 Å². The van der Waals surface area contributed by atoms with E-state index in [4.69, 9.17) is 0 Å². The summed E-state index contributed by atoms with van der Waals surface area (Å²) in [5, 5.41) is 33.0. The van der Waals surface area contributed by atoms with Crippen molar-refractivity contribution in [3.8, 4) is 0 Å². The summed E-state index contributed by atoms with van der Waals surface area (Å²) in [7, 11) is 0. The zero-order valence-corrected chi connectivity index (χ0v) is 15.7. The summed E-state index contributed by atoms with van der Waals surface area (Å²) >= 11 is 0. The minimum atomic E-state index is -0.979. The summed E-state index contributed by atoms with van der Waals surface area (Å²) in [5.41, 5.74) is -0.454. The van der Waals surface area contributed by atoms with Crippen molar-refractivity contribution < 1.29 is 20.1 Å². The van der Waals surface area contributed by atoms with Crippen molar-refractivity contribution in [2.45, 2.75) is 83.5 Å². The van der Waals surface area contributed by atoms with Crippen LogP contribution in [0.3, 0.4) is 0 Å². The molecule has 0 bridgehead atoms. The molecule has 140 valence electrons. The molecule has 4 aliphatic carbocycles. The third kappa shape index (κ3) is 2.08. The number of carbonyl (C=O) groups is 1. The summed E-state index contributed by atoms with van der Waals surface area (Å²) < 4.78 is 0. The second-order valence-corrected chi connectivity index (χ2v) is 9.65. The first-order valence-electron chi connectivity index (χ1n) is 9.93. The molecule has 3 N–H and O–H groups in total. The maximum Gasteiger partial charge on any atom is 0.133 e. The number of hydrogen-bond acceptors (Lipinski definition) is 4. The standard InChI is InChI=1S/C21H32O4/c1-12(22)15-7-9-21(25)16-5-4-13-10-14(23)6-8-19(13,2)17(16)11-18(24)20(15,21)3/h4,14-18,23-25H,5-11H2,1-3H3/t14-,15?,16?,17?,18+,19-,20+,21-/m0/s1. The lowest BCUT2D eigenvalue weighted by Crippen LogP contribution is -2.66. The highest BCUT2D eigenvalue weighted by atomic mass is 16.3. The molecule has 8 atom stereocenters. The highest BCUT2D eigenvalue weighted by molar-refractivity contribution is 5.80. The molecule has 0 spiro atoms. The fourth-order valence-electron chi connectivity index (χ4n) is 7.24. The maximum absolute atomic E-state index is 12.2. The summed E-state index contributed by atoms with van der Waals surface area (Å²) in [6.45, 7) is 5.81. The predicted octanol–water partition coefficient (Wildman–Crippen LogP) is 2.60. The molecule has 0 amide bonds. The van der Waals surface area contributed by atoms with Crippen LogP contribution in [0.4, 0.5) is 0 Å². The van der Waals surface area contributed by atoms with Gasteiger partial charge >= 0.3 is 0 Å². The molecule has 0 aliphatic heterocycles. The fourth-order valence-corrected chi connectivity index (χ4v) is 7.24. The lowest BCUT2D eigenvalue weighted by molar-refractivity contribution is -0.224. The van der Waals surface area contributed by atoms with E-state index in [1.54, 1.807) is 6.92 Å². The number of hydrogen-bond donors (Lipinski definition) is 3. The van der Waals surface area contributed by atoms with Crippen LogP contribution in [0.25, 0.3) is 0 Å². The molecule has 4 rings (SSSR count). The number of ketones is 1. The number of carbonyl (C=O) groups excluding carboxylic acids is 1. The van der Waals surface area contributed by atoms with Crippen LogP contribution in [-0.2, 0) is 4.79 Å². The van der Waals surface area contributed by atoms with Crippen LogP contribution in [0.15, 0.2) is 11.6 Å². The van der Waals surface area contributed by atoms with Crippen molar-refractivity contribution in [3.63, 3.8) is 0 Å². The van der Waals surface area contributed by atoms with Crippen molar-refractivity contribution in [2.24, 2.45) is 28.6 Å². The Hall–Kier alpha value is -0.710. The molecule has 0 aromatic rings. The summed E-state index contributed by atoms with van der Waals surface area (Å²) in [6.07, 6.45) is 6.49. The first-order chi connectivity index (χ1) is 11.6. The van der Waals surface area contributed by atoms with Gasteiger partial charge < -0.3 is 15.3 Å². The third-order valence-electron chi connectivity index (χ3n) is 8.85. The van der Waals surface area contributed by atoms with Crippen LogP contribution in [0.5, 0.6) is 0 Å². The van der Waals surface area contributed by atoms with E-state index >= 15 is 0 Å². The first-order valence-corrected chi connectivity index (χ1v) is 9.93. The maximum atomic E-state index is 12.2. The largest absolute Gasteiger partial charge is 0.393 e. The van der Waals surface area contributed by atoms with Gasteiger partial charge in [0.1, 0.15) is 5.78 Å². The monoisotopic (exact) mass is 348 g/mol. The van der Waals surface area contributed by atoms with E-state index in [9.17, 15) is 20.1 Å². The molecular formula is C21H32O4. The molecular weight excluding hydrogens is 316 g/mol. The van der Waals surface area contributed by atoms with Crippen LogP contribution in [0.2, 0.25) is 0 Å². The first kappa shape index (κ1) is 17.7. The van der Waals surface area contributed by atoms with Crippen molar-refractivity contribution >= 4 is 5.78 Å². The number of aliphatic hydroxyl groups is 3. The van der Waals surface area contributed by atoms with E-state index in [0.29, 0.717) is 19.3 Å². The Bertz CT molecular complexity index is 627. The minimum Gasteiger partial charge on any atom is -0.393 e. The van der Waals surface area contributed by atoms with Gasteiger partial charge in [-0.25, -0.2) is 0 Å². The normalized spacial score (nSPS) is 55.0. The van der Waals surface area contributed by atoms with Crippen molar-refractivity contribution in [2.75, 3.05) is 0 Å². The van der Waals surface area contributed by atoms with Gasteiger partial charge in [-0.2, -0.15) is 0 Å². The number of aliphatic hydroxyl groups excluding tert-OH is 2. The number of rotatable bonds is 1. The van der Waals surface area contributed by atoms with Crippen LogP contribution in [0.1, 0.15) is 65.7 Å². The number of Topliss-reactive ketones (excluding diaryl/α,β-unsaturated/α-hetero) is 1. The van der Waals surface area contributed by atoms with Crippen LogP contribution in [-0.4, -0.2) is 38.9 Å². The van der Waals surface area contributed by atoms with Gasteiger partial charge in [0.05, 0.1) is 17.8 Å². The second-order valence-electron chi connectivity index (χ2n) is 9.65. The van der Waals surface area contributed by atoms with Gasteiger partial charge in [-0.15, -0.1) is 0 Å². The Morgan fingerprint density at radius 3 is 2.56 bits per heavy atom. The molecule has 0 aromatic carbocycles. The van der Waals surface area contributed by atoms with Gasteiger partial charge in [-0.3, -0.25) is 4.79 Å². The SMILES string of the molecule is CC(=O)C1CC[C@]2(O)C3CC=C4C[C@@H](O)CC[C@]4(C)C3C[C@@H](O)[C@@]12C. The lowest BCUT2D eigenvalue weighted by Gasteiger charge is -2.62. The Kier molecular flexibility index (Phi) is 3.82. The van der Waals surface area contributed by atoms with E-state index in [1.807, 2.05) is 6.92 Å². The predicted molar refractivity (Wildman–Crippen MR) is 94.7 cm³/mol. The highest BCUT2D eigenvalue weighted by Crippen LogP contribution is 2.67. The topological polar surface area (TPSA) is 77.8 Å². The fraction of sp³-hybridized carbons (Fsp3) is 0.857. The molecule has 0 radical (unpaired) electrons. The molecule has 3 saturated carbocycles. The Morgan fingerprint density at radius 2 is 1.88 bits per heavy atom. The zero-order chi connectivity index (χ0) is 18.2. The van der Waals surface area contributed by atoms with Gasteiger partial charge in [0, 0.05) is 11.3 Å². The highest BCUT2D eigenvalue weighted by Gasteiger charge is 2.70. The summed E-state index contributed by atoms with van der Waals surface area (Å²) in [5.74, 6) is 0.155. The van der Waals surface area contributed by atoms with Crippen LogP contribution >= 0.6 is 0 Å². The molecule has 25 heavy (non-hydrogen) atoms. The Balaban J connectivity index is 1.77. The average Bonchev–Trinajstić information content (AvgIpc) is 2.83. The summed E-state index contributed by atoms with van der Waals surface area (Å²) in [4.78, 5) is 12.2. The molecule has 0 heterocycles. The van der Waals surface area contributed by atoms with Crippen molar-refractivity contribution in [1.29, 1.82) is 0 Å². The Morgan fingerprint density at radius 1 is 1.16 bits per heavy atom. The Labute approximate surface area is 150 Å². The summed E-state index contributed by atoms with van der Waals surface area (Å²) in [6, 6.07) is 0. The molecule has 4 nitrogen and oxygen atoms in total. The smallest absolute Gasteiger partial charge is 0.133 e. The minimum absolute atomic E-state index is 0.0471. The van der Waals surface area contributed by atoms with E-state index in [0.717, 1.165) is 25.7 Å².